The van der Waals surface area contributed by atoms with Crippen LogP contribution in [0.5, 0.6) is 0 Å². The highest BCUT2D eigenvalue weighted by Gasteiger charge is 2.25. The molecule has 0 radical (unpaired) electrons. The van der Waals surface area contributed by atoms with E-state index >= 15 is 0 Å². The minimum absolute atomic E-state index is 0.0242. The van der Waals surface area contributed by atoms with Gasteiger partial charge in [0.05, 0.1) is 0 Å². The van der Waals surface area contributed by atoms with E-state index in [0.29, 0.717) is 13.1 Å². The number of rotatable bonds is 4. The third kappa shape index (κ3) is 3.54. The third-order valence-electron chi connectivity index (χ3n) is 3.84. The Labute approximate surface area is 117 Å². The number of amides is 1. The Balaban J connectivity index is 1.95. The number of nitrogens with zero attached hydrogens (tertiary/aromatic N) is 1. The van der Waals surface area contributed by atoms with Crippen LogP contribution >= 0.6 is 0 Å². The highest BCUT2D eigenvalue weighted by molar-refractivity contribution is 5.77. The van der Waals surface area contributed by atoms with Gasteiger partial charge < -0.3 is 10.6 Å². The van der Waals surface area contributed by atoms with Gasteiger partial charge in [-0.25, -0.2) is 8.78 Å². The maximum Gasteiger partial charge on any atom is 0.223 e. The summed E-state index contributed by atoms with van der Waals surface area (Å²) in [5.41, 5.74) is 5.93. The Morgan fingerprint density at radius 3 is 2.90 bits per heavy atom. The maximum atomic E-state index is 13.5. The fourth-order valence-electron chi connectivity index (χ4n) is 2.69. The van der Waals surface area contributed by atoms with Gasteiger partial charge in [0.2, 0.25) is 5.91 Å². The highest BCUT2D eigenvalue weighted by atomic mass is 19.1. The number of halogens is 2. The van der Waals surface area contributed by atoms with Gasteiger partial charge in [0, 0.05) is 25.6 Å². The lowest BCUT2D eigenvalue weighted by Crippen LogP contribution is -2.47. The van der Waals surface area contributed by atoms with Crippen LogP contribution in [-0.2, 0) is 11.2 Å². The number of nitrogens with two attached hydrogens (primary N) is 1. The number of hydrogen-bond donors (Lipinski definition) is 1. The molecule has 0 unspecified atom stereocenters. The molecule has 1 fully saturated rings. The van der Waals surface area contributed by atoms with Crippen LogP contribution in [0.2, 0.25) is 0 Å². The van der Waals surface area contributed by atoms with Gasteiger partial charge in [-0.1, -0.05) is 0 Å². The number of benzene rings is 1. The molecule has 2 N–H and O–H groups in total. The molecule has 1 atom stereocenters. The summed E-state index contributed by atoms with van der Waals surface area (Å²) < 4.78 is 26.6. The maximum absolute atomic E-state index is 13.5. The smallest absolute Gasteiger partial charge is 0.223 e. The normalized spacial score (nSPS) is 19.1. The van der Waals surface area contributed by atoms with Gasteiger partial charge in [0.15, 0.2) is 0 Å². The van der Waals surface area contributed by atoms with E-state index in [9.17, 15) is 13.6 Å². The van der Waals surface area contributed by atoms with Crippen molar-refractivity contribution in [3.63, 3.8) is 0 Å². The molecule has 110 valence electrons. The summed E-state index contributed by atoms with van der Waals surface area (Å²) in [5, 5.41) is 0. The number of carbonyl (C=O) groups excluding carboxylic acids is 1. The van der Waals surface area contributed by atoms with E-state index in [0.717, 1.165) is 37.5 Å². The Bertz CT molecular complexity index is 479. The van der Waals surface area contributed by atoms with Crippen molar-refractivity contribution in [1.29, 1.82) is 0 Å². The first-order chi connectivity index (χ1) is 9.61. The Morgan fingerprint density at radius 1 is 1.35 bits per heavy atom. The van der Waals surface area contributed by atoms with Crippen molar-refractivity contribution in [2.24, 2.45) is 5.73 Å². The summed E-state index contributed by atoms with van der Waals surface area (Å²) in [7, 11) is 0. The number of carbonyl (C=O) groups is 1. The lowest BCUT2D eigenvalue weighted by molar-refractivity contribution is -0.134. The molecule has 1 heterocycles. The van der Waals surface area contributed by atoms with Crippen LogP contribution in [0.1, 0.15) is 31.2 Å². The Kier molecular flexibility index (Phi) is 5.06. The zero-order chi connectivity index (χ0) is 14.5. The second-order valence-corrected chi connectivity index (χ2v) is 5.21. The molecule has 1 aliphatic heterocycles. The summed E-state index contributed by atoms with van der Waals surface area (Å²) in [4.78, 5) is 14.0. The molecule has 3 nitrogen and oxygen atoms in total. The summed E-state index contributed by atoms with van der Waals surface area (Å²) >= 11 is 0. The first-order valence-corrected chi connectivity index (χ1v) is 7.05. The summed E-state index contributed by atoms with van der Waals surface area (Å²) in [6.45, 7) is 1.17. The Hall–Kier alpha value is -1.49. The third-order valence-corrected chi connectivity index (χ3v) is 3.84. The summed E-state index contributed by atoms with van der Waals surface area (Å²) in [6.07, 6.45) is 3.41. The molecule has 0 aliphatic carbocycles. The molecule has 20 heavy (non-hydrogen) atoms. The fourth-order valence-corrected chi connectivity index (χ4v) is 2.69. The van der Waals surface area contributed by atoms with Crippen molar-refractivity contribution in [3.8, 4) is 0 Å². The predicted octanol–water partition coefficient (Wildman–Crippen LogP) is 2.24. The molecule has 1 aromatic carbocycles. The molecule has 5 heteroatoms. The number of hydrogen-bond acceptors (Lipinski definition) is 2. The SMILES string of the molecule is NC[C@H]1CCCCN1C(=O)CCc1cc(F)ccc1F. The molecular weight excluding hydrogens is 262 g/mol. The number of piperidine rings is 1. The van der Waals surface area contributed by atoms with Crippen LogP contribution in [0.3, 0.4) is 0 Å². The number of aryl methyl sites for hydroxylation is 1. The van der Waals surface area contributed by atoms with Gasteiger partial charge >= 0.3 is 0 Å². The monoisotopic (exact) mass is 282 g/mol. The highest BCUT2D eigenvalue weighted by Crippen LogP contribution is 2.18. The van der Waals surface area contributed by atoms with E-state index in [1.807, 2.05) is 0 Å². The number of likely N-dealkylation sites (tertiary alicyclic amines) is 1. The molecule has 1 amide bonds. The van der Waals surface area contributed by atoms with Crippen LogP contribution in [0.15, 0.2) is 18.2 Å². The topological polar surface area (TPSA) is 46.3 Å². The van der Waals surface area contributed by atoms with E-state index in [-0.39, 0.29) is 30.4 Å². The van der Waals surface area contributed by atoms with Crippen LogP contribution in [0.4, 0.5) is 8.78 Å². The lowest BCUT2D eigenvalue weighted by atomic mass is 10.0. The van der Waals surface area contributed by atoms with E-state index < -0.39 is 11.6 Å². The second-order valence-electron chi connectivity index (χ2n) is 5.21. The van der Waals surface area contributed by atoms with Gasteiger partial charge in [-0.3, -0.25) is 4.79 Å². The molecule has 2 rings (SSSR count). The van der Waals surface area contributed by atoms with Gasteiger partial charge in [-0.15, -0.1) is 0 Å². The van der Waals surface area contributed by atoms with Crippen molar-refractivity contribution in [2.45, 2.75) is 38.1 Å². The average molecular weight is 282 g/mol. The van der Waals surface area contributed by atoms with E-state index in [2.05, 4.69) is 0 Å². The standard InChI is InChI=1S/C15H20F2N2O/c16-12-5-6-14(17)11(9-12)4-7-15(20)19-8-2-1-3-13(19)10-18/h5-6,9,13H,1-4,7-8,10,18H2/t13-/m1/s1. The largest absolute Gasteiger partial charge is 0.338 e. The van der Waals surface area contributed by atoms with Gasteiger partial charge in [-0.2, -0.15) is 0 Å². The molecule has 1 aliphatic rings. The minimum atomic E-state index is -0.480. The van der Waals surface area contributed by atoms with Gasteiger partial charge in [0.1, 0.15) is 11.6 Å². The first-order valence-electron chi connectivity index (χ1n) is 7.05. The Morgan fingerprint density at radius 2 is 2.15 bits per heavy atom. The van der Waals surface area contributed by atoms with E-state index in [1.54, 1.807) is 4.90 Å². The molecule has 0 bridgehead atoms. The van der Waals surface area contributed by atoms with Crippen molar-refractivity contribution < 1.29 is 13.6 Å². The van der Waals surface area contributed by atoms with Crippen LogP contribution in [-0.4, -0.2) is 29.9 Å². The fraction of sp³-hybridized carbons (Fsp3) is 0.533. The van der Waals surface area contributed by atoms with E-state index in [1.165, 1.54) is 0 Å². The second kappa shape index (κ2) is 6.79. The van der Waals surface area contributed by atoms with E-state index in [4.69, 9.17) is 5.73 Å². The zero-order valence-electron chi connectivity index (χ0n) is 11.4. The summed E-state index contributed by atoms with van der Waals surface area (Å²) in [6, 6.07) is 3.42. The zero-order valence-corrected chi connectivity index (χ0v) is 11.4. The molecular formula is C15H20F2N2O. The van der Waals surface area contributed by atoms with Crippen molar-refractivity contribution >= 4 is 5.91 Å². The lowest BCUT2D eigenvalue weighted by Gasteiger charge is -2.35. The molecule has 1 saturated heterocycles. The molecule has 0 spiro atoms. The van der Waals surface area contributed by atoms with Crippen LogP contribution in [0.25, 0.3) is 0 Å². The van der Waals surface area contributed by atoms with Crippen LogP contribution < -0.4 is 5.73 Å². The minimum Gasteiger partial charge on any atom is -0.338 e. The average Bonchev–Trinajstić information content (AvgIpc) is 2.47. The first kappa shape index (κ1) is 14.9. The molecule has 0 saturated carbocycles. The van der Waals surface area contributed by atoms with Gasteiger partial charge in [0.25, 0.3) is 0 Å². The summed E-state index contributed by atoms with van der Waals surface area (Å²) in [5.74, 6) is -0.969. The van der Waals surface area contributed by atoms with Crippen LogP contribution in [0, 0.1) is 11.6 Å². The van der Waals surface area contributed by atoms with Crippen molar-refractivity contribution in [3.05, 3.63) is 35.4 Å². The van der Waals surface area contributed by atoms with Crippen molar-refractivity contribution in [1.82, 2.24) is 4.90 Å². The predicted molar refractivity (Wildman–Crippen MR) is 73.1 cm³/mol. The molecule has 1 aromatic rings. The van der Waals surface area contributed by atoms with Gasteiger partial charge in [-0.05, 0) is 49.4 Å². The van der Waals surface area contributed by atoms with Crippen molar-refractivity contribution in [2.75, 3.05) is 13.1 Å². The quantitative estimate of drug-likeness (QED) is 0.920. The molecule has 0 aromatic heterocycles.